The van der Waals surface area contributed by atoms with Crippen LogP contribution in [-0.2, 0) is 4.74 Å². The maximum Gasteiger partial charge on any atom is 0.0622 e. The summed E-state index contributed by atoms with van der Waals surface area (Å²) >= 11 is 0. The molecule has 1 atom stereocenters. The van der Waals surface area contributed by atoms with Gasteiger partial charge in [-0.3, -0.25) is 4.90 Å². The van der Waals surface area contributed by atoms with Gasteiger partial charge in [-0.1, -0.05) is 5.57 Å². The predicted octanol–water partition coefficient (Wildman–Crippen LogP) is 0.627. The average molecular weight is 196 g/mol. The lowest BCUT2D eigenvalue weighted by Gasteiger charge is -2.27. The van der Waals surface area contributed by atoms with Crippen LogP contribution in [0, 0.1) is 0 Å². The van der Waals surface area contributed by atoms with Gasteiger partial charge in [-0.15, -0.1) is 0 Å². The highest BCUT2D eigenvalue weighted by molar-refractivity contribution is 5.22. The highest BCUT2D eigenvalue weighted by atomic mass is 16.5. The molecule has 2 heterocycles. The lowest BCUT2D eigenvalue weighted by molar-refractivity contribution is 0.163. The van der Waals surface area contributed by atoms with Crippen molar-refractivity contribution in [2.24, 2.45) is 0 Å². The van der Waals surface area contributed by atoms with Gasteiger partial charge < -0.3 is 10.1 Å². The van der Waals surface area contributed by atoms with Crippen LogP contribution >= 0.6 is 0 Å². The Morgan fingerprint density at radius 2 is 2.36 bits per heavy atom. The van der Waals surface area contributed by atoms with Crippen LogP contribution in [-0.4, -0.2) is 50.8 Å². The standard InChI is InChI=1S/C11H20N2O/c1-9(10-5-12-6-10)7-13(2)11-3-4-14-8-11/h11-12H,3-8H2,1-2H3. The van der Waals surface area contributed by atoms with Gasteiger partial charge in [0.2, 0.25) is 0 Å². The van der Waals surface area contributed by atoms with Crippen LogP contribution in [0.4, 0.5) is 0 Å². The molecule has 2 fully saturated rings. The fraction of sp³-hybridized carbons (Fsp3) is 0.818. The predicted molar refractivity (Wildman–Crippen MR) is 57.4 cm³/mol. The van der Waals surface area contributed by atoms with E-state index in [1.807, 2.05) is 0 Å². The fourth-order valence-corrected chi connectivity index (χ4v) is 2.04. The van der Waals surface area contributed by atoms with Gasteiger partial charge in [-0.2, -0.15) is 0 Å². The van der Waals surface area contributed by atoms with Crippen LogP contribution in [0.15, 0.2) is 11.1 Å². The Bertz CT molecular complexity index is 225. The third-order valence-corrected chi connectivity index (χ3v) is 3.30. The molecule has 0 saturated carbocycles. The Morgan fingerprint density at radius 1 is 1.57 bits per heavy atom. The molecule has 0 aliphatic carbocycles. The molecule has 0 radical (unpaired) electrons. The van der Waals surface area contributed by atoms with E-state index in [9.17, 15) is 0 Å². The van der Waals surface area contributed by atoms with Crippen LogP contribution < -0.4 is 5.32 Å². The van der Waals surface area contributed by atoms with E-state index in [2.05, 4.69) is 24.2 Å². The van der Waals surface area contributed by atoms with E-state index in [1.165, 1.54) is 12.0 Å². The molecule has 1 unspecified atom stereocenters. The molecule has 3 nitrogen and oxygen atoms in total. The van der Waals surface area contributed by atoms with Gasteiger partial charge in [-0.05, 0) is 26.0 Å². The lowest BCUT2D eigenvalue weighted by Crippen LogP contribution is -2.38. The summed E-state index contributed by atoms with van der Waals surface area (Å²) in [5.41, 5.74) is 3.13. The monoisotopic (exact) mass is 196 g/mol. The van der Waals surface area contributed by atoms with Crippen LogP contribution in [0.25, 0.3) is 0 Å². The summed E-state index contributed by atoms with van der Waals surface area (Å²) in [7, 11) is 2.20. The van der Waals surface area contributed by atoms with E-state index in [0.717, 1.165) is 32.8 Å². The van der Waals surface area contributed by atoms with E-state index < -0.39 is 0 Å². The summed E-state index contributed by atoms with van der Waals surface area (Å²) in [6.45, 7) is 7.40. The average Bonchev–Trinajstić information content (AvgIpc) is 2.51. The van der Waals surface area contributed by atoms with Crippen molar-refractivity contribution in [3.05, 3.63) is 11.1 Å². The molecule has 2 rings (SSSR count). The lowest BCUT2D eigenvalue weighted by atomic mass is 10.0. The number of nitrogens with one attached hydrogen (secondary N) is 1. The highest BCUT2D eigenvalue weighted by Crippen LogP contribution is 2.15. The molecular formula is C11H20N2O. The molecule has 0 spiro atoms. The van der Waals surface area contributed by atoms with Gasteiger partial charge in [0, 0.05) is 32.3 Å². The van der Waals surface area contributed by atoms with Crippen LogP contribution in [0.5, 0.6) is 0 Å². The molecule has 0 aromatic heterocycles. The summed E-state index contributed by atoms with van der Waals surface area (Å²) in [6, 6.07) is 0.638. The Balaban J connectivity index is 1.83. The van der Waals surface area contributed by atoms with Crippen molar-refractivity contribution in [2.75, 3.05) is 39.9 Å². The molecule has 1 N–H and O–H groups in total. The normalized spacial score (nSPS) is 26.8. The zero-order chi connectivity index (χ0) is 9.97. The first-order chi connectivity index (χ1) is 6.77. The zero-order valence-corrected chi connectivity index (χ0v) is 9.18. The Kier molecular flexibility index (Phi) is 3.21. The second-order valence-corrected chi connectivity index (χ2v) is 4.42. The number of ether oxygens (including phenoxy) is 1. The van der Waals surface area contributed by atoms with Crippen molar-refractivity contribution < 1.29 is 4.74 Å². The highest BCUT2D eigenvalue weighted by Gasteiger charge is 2.21. The Labute approximate surface area is 86.1 Å². The van der Waals surface area contributed by atoms with Gasteiger partial charge in [0.05, 0.1) is 6.61 Å². The SMILES string of the molecule is CC(CN(C)C1CCOC1)=C1CNC1. The number of likely N-dealkylation sites (N-methyl/N-ethyl adjacent to an activating group) is 1. The van der Waals surface area contributed by atoms with Crippen molar-refractivity contribution in [3.63, 3.8) is 0 Å². The minimum absolute atomic E-state index is 0.638. The molecule has 0 bridgehead atoms. The Hall–Kier alpha value is -0.380. The zero-order valence-electron chi connectivity index (χ0n) is 9.18. The molecule has 14 heavy (non-hydrogen) atoms. The van der Waals surface area contributed by atoms with Crippen molar-refractivity contribution in [1.82, 2.24) is 10.2 Å². The number of hydrogen-bond donors (Lipinski definition) is 1. The molecule has 2 aliphatic rings. The van der Waals surface area contributed by atoms with E-state index in [-0.39, 0.29) is 0 Å². The summed E-state index contributed by atoms with van der Waals surface area (Å²) in [5, 5.41) is 3.28. The van der Waals surface area contributed by atoms with E-state index >= 15 is 0 Å². The van der Waals surface area contributed by atoms with Crippen LogP contribution in [0.1, 0.15) is 13.3 Å². The van der Waals surface area contributed by atoms with Gasteiger partial charge in [0.25, 0.3) is 0 Å². The molecule has 2 saturated heterocycles. The summed E-state index contributed by atoms with van der Waals surface area (Å²) in [5.74, 6) is 0. The third-order valence-electron chi connectivity index (χ3n) is 3.30. The Morgan fingerprint density at radius 3 is 2.86 bits per heavy atom. The fourth-order valence-electron chi connectivity index (χ4n) is 2.04. The van der Waals surface area contributed by atoms with Crippen LogP contribution in [0.3, 0.4) is 0 Å². The minimum atomic E-state index is 0.638. The third kappa shape index (κ3) is 2.16. The maximum atomic E-state index is 5.39. The quantitative estimate of drug-likeness (QED) is 0.670. The molecule has 3 heteroatoms. The summed E-state index contributed by atoms with van der Waals surface area (Å²) < 4.78 is 5.39. The van der Waals surface area contributed by atoms with Gasteiger partial charge in [0.15, 0.2) is 0 Å². The largest absolute Gasteiger partial charge is 0.380 e. The van der Waals surface area contributed by atoms with Crippen molar-refractivity contribution >= 4 is 0 Å². The first kappa shape index (κ1) is 10.1. The van der Waals surface area contributed by atoms with E-state index in [4.69, 9.17) is 4.74 Å². The topological polar surface area (TPSA) is 24.5 Å². The molecule has 0 aromatic carbocycles. The number of rotatable bonds is 3. The van der Waals surface area contributed by atoms with Gasteiger partial charge >= 0.3 is 0 Å². The summed E-state index contributed by atoms with van der Waals surface area (Å²) in [6.07, 6.45) is 1.19. The van der Waals surface area contributed by atoms with Crippen molar-refractivity contribution in [2.45, 2.75) is 19.4 Å². The molecule has 2 aliphatic heterocycles. The number of hydrogen-bond acceptors (Lipinski definition) is 3. The summed E-state index contributed by atoms with van der Waals surface area (Å²) in [4.78, 5) is 2.42. The first-order valence-corrected chi connectivity index (χ1v) is 5.43. The van der Waals surface area contributed by atoms with Crippen LogP contribution in [0.2, 0.25) is 0 Å². The minimum Gasteiger partial charge on any atom is -0.380 e. The first-order valence-electron chi connectivity index (χ1n) is 5.43. The molecule has 80 valence electrons. The van der Waals surface area contributed by atoms with E-state index in [1.54, 1.807) is 5.57 Å². The second kappa shape index (κ2) is 4.43. The van der Waals surface area contributed by atoms with Gasteiger partial charge in [0.1, 0.15) is 0 Å². The second-order valence-electron chi connectivity index (χ2n) is 4.42. The van der Waals surface area contributed by atoms with E-state index in [0.29, 0.717) is 6.04 Å². The molecule has 0 aromatic rings. The number of nitrogens with zero attached hydrogens (tertiary/aromatic N) is 1. The van der Waals surface area contributed by atoms with Crippen molar-refractivity contribution in [1.29, 1.82) is 0 Å². The smallest absolute Gasteiger partial charge is 0.0622 e. The maximum absolute atomic E-state index is 5.39. The van der Waals surface area contributed by atoms with Crippen molar-refractivity contribution in [3.8, 4) is 0 Å². The molecular weight excluding hydrogens is 176 g/mol. The molecule has 0 amide bonds. The van der Waals surface area contributed by atoms with Gasteiger partial charge in [-0.25, -0.2) is 0 Å².